The fourth-order valence-electron chi connectivity index (χ4n) is 3.04. The molecule has 0 aliphatic rings. The van der Waals surface area contributed by atoms with Crippen LogP contribution >= 0.6 is 15.9 Å². The monoisotopic (exact) mass is 386 g/mol. The van der Waals surface area contributed by atoms with E-state index >= 15 is 0 Å². The fraction of sp³-hybridized carbons (Fsp3) is 0.333. The van der Waals surface area contributed by atoms with Gasteiger partial charge in [-0.1, -0.05) is 72.4 Å². The second-order valence-electron chi connectivity index (χ2n) is 6.25. The van der Waals surface area contributed by atoms with E-state index in [4.69, 9.17) is 4.74 Å². The molecule has 0 radical (unpaired) electrons. The van der Waals surface area contributed by atoms with Crippen LogP contribution in [0, 0.1) is 0 Å². The molecule has 3 heteroatoms. The predicted molar refractivity (Wildman–Crippen MR) is 105 cm³/mol. The molecule has 3 rings (SSSR count). The van der Waals surface area contributed by atoms with Gasteiger partial charge in [0, 0.05) is 15.2 Å². The molecule has 1 N–H and O–H groups in total. The highest BCUT2D eigenvalue weighted by molar-refractivity contribution is 9.10. The Labute approximate surface area is 151 Å². The second kappa shape index (κ2) is 8.00. The van der Waals surface area contributed by atoms with Gasteiger partial charge in [-0.25, -0.2) is 0 Å². The molecular weight excluding hydrogens is 364 g/mol. The van der Waals surface area contributed by atoms with Crippen LogP contribution in [0.15, 0.2) is 53.0 Å². The quantitative estimate of drug-likeness (QED) is 0.394. The molecule has 0 spiro atoms. The van der Waals surface area contributed by atoms with E-state index in [1.807, 2.05) is 18.2 Å². The highest BCUT2D eigenvalue weighted by atomic mass is 79.9. The van der Waals surface area contributed by atoms with Crippen molar-refractivity contribution in [1.82, 2.24) is 0 Å². The fourth-order valence-corrected chi connectivity index (χ4v) is 3.40. The summed E-state index contributed by atoms with van der Waals surface area (Å²) in [5.74, 6) is 0.860. The maximum Gasteiger partial charge on any atom is 0.135 e. The smallest absolute Gasteiger partial charge is 0.135 e. The van der Waals surface area contributed by atoms with Crippen molar-refractivity contribution in [3.8, 4) is 5.75 Å². The highest BCUT2D eigenvalue weighted by Crippen LogP contribution is 2.36. The first-order valence-corrected chi connectivity index (χ1v) is 9.40. The summed E-state index contributed by atoms with van der Waals surface area (Å²) < 4.78 is 7.14. The Morgan fingerprint density at radius 3 is 2.62 bits per heavy atom. The lowest BCUT2D eigenvalue weighted by Gasteiger charge is -2.16. The molecule has 1 unspecified atom stereocenters. The molecule has 126 valence electrons. The van der Waals surface area contributed by atoms with Crippen LogP contribution in [0.5, 0.6) is 5.75 Å². The molecular formula is C21H23BrO2. The lowest BCUT2D eigenvalue weighted by molar-refractivity contribution is 0.0991. The van der Waals surface area contributed by atoms with Gasteiger partial charge in [-0.2, -0.15) is 0 Å². The number of aliphatic hydroxyl groups excluding tert-OH is 1. The van der Waals surface area contributed by atoms with Crippen molar-refractivity contribution in [2.45, 2.75) is 38.7 Å². The minimum absolute atomic E-state index is 0.333. The van der Waals surface area contributed by atoms with Gasteiger partial charge in [0.1, 0.15) is 12.4 Å². The Hall–Kier alpha value is -1.58. The van der Waals surface area contributed by atoms with E-state index in [1.54, 1.807) is 0 Å². The minimum atomic E-state index is -0.419. The molecule has 2 nitrogen and oxygen atoms in total. The number of ether oxygens (including phenoxy) is 1. The van der Waals surface area contributed by atoms with Crippen LogP contribution in [-0.4, -0.2) is 17.8 Å². The summed E-state index contributed by atoms with van der Waals surface area (Å²) in [6.07, 6.45) is 3.73. The third kappa shape index (κ3) is 3.90. The summed E-state index contributed by atoms with van der Waals surface area (Å²) in [6.45, 7) is 2.50. The first kappa shape index (κ1) is 17.2. The first-order valence-electron chi connectivity index (χ1n) is 8.61. The van der Waals surface area contributed by atoms with E-state index in [0.717, 1.165) is 57.5 Å². The molecule has 0 heterocycles. The Bertz CT molecular complexity index is 829. The predicted octanol–water partition coefficient (Wildman–Crippen LogP) is 6.08. The van der Waals surface area contributed by atoms with Gasteiger partial charge in [-0.05, 0) is 35.4 Å². The molecule has 0 amide bonds. The summed E-state index contributed by atoms with van der Waals surface area (Å²) >= 11 is 3.55. The molecule has 3 aromatic carbocycles. The van der Waals surface area contributed by atoms with Gasteiger partial charge >= 0.3 is 0 Å². The van der Waals surface area contributed by atoms with Crippen LogP contribution in [0.2, 0.25) is 0 Å². The van der Waals surface area contributed by atoms with Crippen molar-refractivity contribution in [3.05, 3.63) is 53.0 Å². The van der Waals surface area contributed by atoms with E-state index < -0.39 is 6.10 Å². The van der Waals surface area contributed by atoms with E-state index in [0.29, 0.717) is 6.61 Å². The number of hydrogen-bond acceptors (Lipinski definition) is 2. The molecule has 0 aromatic heterocycles. The zero-order chi connectivity index (χ0) is 16.9. The van der Waals surface area contributed by atoms with Gasteiger partial charge in [-0.15, -0.1) is 0 Å². The molecule has 0 fully saturated rings. The van der Waals surface area contributed by atoms with Gasteiger partial charge in [0.25, 0.3) is 0 Å². The van der Waals surface area contributed by atoms with Crippen molar-refractivity contribution in [1.29, 1.82) is 0 Å². The number of rotatable bonds is 7. The molecule has 1 atom stereocenters. The average Bonchev–Trinajstić information content (AvgIpc) is 2.59. The summed E-state index contributed by atoms with van der Waals surface area (Å²) in [5, 5.41) is 14.7. The number of halogens is 1. The molecule has 0 saturated heterocycles. The van der Waals surface area contributed by atoms with E-state index in [-0.39, 0.29) is 0 Å². The van der Waals surface area contributed by atoms with Crippen molar-refractivity contribution in [2.24, 2.45) is 0 Å². The third-order valence-corrected chi connectivity index (χ3v) is 4.83. The molecule has 3 aromatic rings. The van der Waals surface area contributed by atoms with Crippen LogP contribution in [0.4, 0.5) is 0 Å². The SMILES string of the molecule is CCCCCC(O)COc1c2ccccc2cc2ccc(Br)cc12. The molecule has 0 aliphatic carbocycles. The lowest BCUT2D eigenvalue weighted by Crippen LogP contribution is -2.17. The minimum Gasteiger partial charge on any atom is -0.490 e. The van der Waals surface area contributed by atoms with Crippen LogP contribution < -0.4 is 4.74 Å². The van der Waals surface area contributed by atoms with Gasteiger partial charge in [0.2, 0.25) is 0 Å². The maximum atomic E-state index is 10.2. The second-order valence-corrected chi connectivity index (χ2v) is 7.17. The molecule has 0 saturated carbocycles. The van der Waals surface area contributed by atoms with Crippen LogP contribution in [0.25, 0.3) is 21.5 Å². The maximum absolute atomic E-state index is 10.2. The summed E-state index contributed by atoms with van der Waals surface area (Å²) in [4.78, 5) is 0. The number of unbranched alkanes of at least 4 members (excludes halogenated alkanes) is 2. The van der Waals surface area contributed by atoms with Crippen LogP contribution in [0.3, 0.4) is 0 Å². The van der Waals surface area contributed by atoms with Gasteiger partial charge in [0.15, 0.2) is 0 Å². The van der Waals surface area contributed by atoms with Crippen molar-refractivity contribution in [3.63, 3.8) is 0 Å². The van der Waals surface area contributed by atoms with E-state index in [9.17, 15) is 5.11 Å². The van der Waals surface area contributed by atoms with Crippen molar-refractivity contribution in [2.75, 3.05) is 6.61 Å². The molecule has 0 aliphatic heterocycles. The zero-order valence-corrected chi connectivity index (χ0v) is 15.6. The standard InChI is InChI=1S/C21H23BrO2/c1-2-3-4-8-18(23)14-24-21-19-9-6-5-7-15(19)12-16-10-11-17(22)13-20(16)21/h5-7,9-13,18,23H,2-4,8,14H2,1H3. The molecule has 0 bridgehead atoms. The van der Waals surface area contributed by atoms with Gasteiger partial charge < -0.3 is 9.84 Å². The normalized spacial score (nSPS) is 12.6. The van der Waals surface area contributed by atoms with Crippen molar-refractivity contribution >= 4 is 37.5 Å². The summed E-state index contributed by atoms with van der Waals surface area (Å²) in [5.41, 5.74) is 0. The van der Waals surface area contributed by atoms with Crippen molar-refractivity contribution < 1.29 is 9.84 Å². The van der Waals surface area contributed by atoms with Crippen LogP contribution in [0.1, 0.15) is 32.6 Å². The Morgan fingerprint density at radius 1 is 1.00 bits per heavy atom. The third-order valence-electron chi connectivity index (χ3n) is 4.34. The first-order chi connectivity index (χ1) is 11.7. The number of benzene rings is 3. The van der Waals surface area contributed by atoms with E-state index in [2.05, 4.69) is 53.2 Å². The number of hydrogen-bond donors (Lipinski definition) is 1. The topological polar surface area (TPSA) is 29.5 Å². The Morgan fingerprint density at radius 2 is 1.79 bits per heavy atom. The number of fused-ring (bicyclic) bond motifs is 2. The number of aliphatic hydroxyl groups is 1. The zero-order valence-electron chi connectivity index (χ0n) is 14.0. The summed E-state index contributed by atoms with van der Waals surface area (Å²) in [7, 11) is 0. The van der Waals surface area contributed by atoms with Crippen LogP contribution in [-0.2, 0) is 0 Å². The Balaban J connectivity index is 1.92. The molecule has 24 heavy (non-hydrogen) atoms. The lowest BCUT2D eigenvalue weighted by atomic mass is 10.0. The summed E-state index contributed by atoms with van der Waals surface area (Å²) in [6, 6.07) is 16.6. The Kier molecular flexibility index (Phi) is 5.75. The van der Waals surface area contributed by atoms with Gasteiger partial charge in [0.05, 0.1) is 6.10 Å². The highest BCUT2D eigenvalue weighted by Gasteiger charge is 2.12. The van der Waals surface area contributed by atoms with E-state index in [1.165, 1.54) is 0 Å². The largest absolute Gasteiger partial charge is 0.490 e. The average molecular weight is 387 g/mol. The van der Waals surface area contributed by atoms with Gasteiger partial charge in [-0.3, -0.25) is 0 Å².